The number of hydrogen-bond acceptors (Lipinski definition) is 4. The minimum atomic E-state index is -0.807. The number of para-hydroxylation sites is 1. The molecule has 0 aromatic heterocycles. The summed E-state index contributed by atoms with van der Waals surface area (Å²) in [6.45, 7) is 0.495. The van der Waals surface area contributed by atoms with Crippen LogP contribution in [0.15, 0.2) is 24.3 Å². The van der Waals surface area contributed by atoms with E-state index in [1.807, 2.05) is 30.5 Å². The van der Waals surface area contributed by atoms with Crippen molar-refractivity contribution >= 4 is 17.7 Å². The maximum atomic E-state index is 11.1. The molecule has 0 aliphatic carbocycles. The minimum absolute atomic E-state index is 0.495. The summed E-state index contributed by atoms with van der Waals surface area (Å²) in [7, 11) is 1.61. The predicted molar refractivity (Wildman–Crippen MR) is 74.3 cm³/mol. The lowest BCUT2D eigenvalue weighted by Gasteiger charge is -2.15. The second-order valence-corrected chi connectivity index (χ2v) is 4.85. The monoisotopic (exact) mass is 269 g/mol. The Labute approximate surface area is 112 Å². The number of thioether (sulfide) groups is 1. The molecule has 0 spiro atoms. The Morgan fingerprint density at radius 2 is 2.22 bits per heavy atom. The first-order chi connectivity index (χ1) is 8.69. The molecule has 0 fully saturated rings. The van der Waals surface area contributed by atoms with Gasteiger partial charge in [0.25, 0.3) is 0 Å². The van der Waals surface area contributed by atoms with Crippen molar-refractivity contribution in [3.05, 3.63) is 29.8 Å². The van der Waals surface area contributed by atoms with Gasteiger partial charge in [-0.25, -0.2) is 0 Å². The quantitative estimate of drug-likeness (QED) is 0.756. The average molecular weight is 269 g/mol. The molecular formula is C13H19NO3S. The molecule has 1 unspecified atom stereocenters. The van der Waals surface area contributed by atoms with Gasteiger partial charge in [-0.3, -0.25) is 4.79 Å². The van der Waals surface area contributed by atoms with Gasteiger partial charge in [0.05, 0.1) is 7.11 Å². The SMILES string of the molecule is COc1ccccc1CNC(CCSC)C(=O)O. The molecular weight excluding hydrogens is 250 g/mol. The van der Waals surface area contributed by atoms with Crippen LogP contribution in [0, 0.1) is 0 Å². The largest absolute Gasteiger partial charge is 0.496 e. The molecule has 1 atom stereocenters. The van der Waals surface area contributed by atoms with Gasteiger partial charge in [-0.2, -0.15) is 11.8 Å². The van der Waals surface area contributed by atoms with E-state index in [1.54, 1.807) is 18.9 Å². The molecule has 4 nitrogen and oxygen atoms in total. The Balaban J connectivity index is 2.58. The fourth-order valence-corrected chi connectivity index (χ4v) is 2.10. The molecule has 0 heterocycles. The predicted octanol–water partition coefficient (Wildman–Crippen LogP) is 1.99. The van der Waals surface area contributed by atoms with Gasteiger partial charge in [-0.1, -0.05) is 18.2 Å². The number of aliphatic carboxylic acids is 1. The second-order valence-electron chi connectivity index (χ2n) is 3.87. The molecule has 0 radical (unpaired) electrons. The number of hydrogen-bond donors (Lipinski definition) is 2. The highest BCUT2D eigenvalue weighted by Crippen LogP contribution is 2.17. The summed E-state index contributed by atoms with van der Waals surface area (Å²) in [5.74, 6) is 0.800. The van der Waals surface area contributed by atoms with Crippen molar-refractivity contribution < 1.29 is 14.6 Å². The number of carboxylic acids is 1. The Kier molecular flexibility index (Phi) is 6.60. The van der Waals surface area contributed by atoms with Gasteiger partial charge in [0.1, 0.15) is 11.8 Å². The Hall–Kier alpha value is -1.20. The van der Waals surface area contributed by atoms with Crippen molar-refractivity contribution in [2.45, 2.75) is 19.0 Å². The normalized spacial score (nSPS) is 12.1. The first kappa shape index (κ1) is 14.9. The van der Waals surface area contributed by atoms with Gasteiger partial charge in [0.15, 0.2) is 0 Å². The Morgan fingerprint density at radius 3 is 2.83 bits per heavy atom. The molecule has 2 N–H and O–H groups in total. The highest BCUT2D eigenvalue weighted by atomic mass is 32.2. The van der Waals surface area contributed by atoms with E-state index >= 15 is 0 Å². The summed E-state index contributed by atoms with van der Waals surface area (Å²) in [6.07, 6.45) is 2.59. The molecule has 0 saturated carbocycles. The highest BCUT2D eigenvalue weighted by Gasteiger charge is 2.16. The number of benzene rings is 1. The van der Waals surface area contributed by atoms with Crippen LogP contribution in [0.2, 0.25) is 0 Å². The average Bonchev–Trinajstić information content (AvgIpc) is 2.38. The van der Waals surface area contributed by atoms with E-state index in [1.165, 1.54) is 0 Å². The van der Waals surface area contributed by atoms with E-state index in [0.717, 1.165) is 17.1 Å². The molecule has 1 rings (SSSR count). The van der Waals surface area contributed by atoms with Crippen molar-refractivity contribution in [2.75, 3.05) is 19.1 Å². The molecule has 0 aliphatic rings. The molecule has 0 aliphatic heterocycles. The molecule has 100 valence electrons. The summed E-state index contributed by atoms with van der Waals surface area (Å²) in [5, 5.41) is 12.2. The smallest absolute Gasteiger partial charge is 0.320 e. The lowest BCUT2D eigenvalue weighted by molar-refractivity contribution is -0.139. The van der Waals surface area contributed by atoms with Crippen LogP contribution < -0.4 is 10.1 Å². The lowest BCUT2D eigenvalue weighted by Crippen LogP contribution is -2.36. The van der Waals surface area contributed by atoms with Gasteiger partial charge in [0.2, 0.25) is 0 Å². The minimum Gasteiger partial charge on any atom is -0.496 e. The van der Waals surface area contributed by atoms with Crippen LogP contribution in [-0.4, -0.2) is 36.2 Å². The fraction of sp³-hybridized carbons (Fsp3) is 0.462. The third-order valence-corrected chi connectivity index (χ3v) is 3.28. The number of carbonyl (C=O) groups is 1. The van der Waals surface area contributed by atoms with Crippen LogP contribution in [0.1, 0.15) is 12.0 Å². The van der Waals surface area contributed by atoms with Crippen LogP contribution in [0.3, 0.4) is 0 Å². The van der Waals surface area contributed by atoms with Crippen molar-refractivity contribution in [2.24, 2.45) is 0 Å². The van der Waals surface area contributed by atoms with Crippen molar-refractivity contribution in [1.82, 2.24) is 5.32 Å². The number of methoxy groups -OCH3 is 1. The fourth-order valence-electron chi connectivity index (χ4n) is 1.63. The Morgan fingerprint density at radius 1 is 1.50 bits per heavy atom. The molecule has 0 amide bonds. The van der Waals surface area contributed by atoms with Crippen molar-refractivity contribution in [1.29, 1.82) is 0 Å². The number of rotatable bonds is 8. The standard InChI is InChI=1S/C13H19NO3S/c1-17-12-6-4-3-5-10(12)9-14-11(13(15)16)7-8-18-2/h3-6,11,14H,7-9H2,1-2H3,(H,15,16). The zero-order chi connectivity index (χ0) is 13.4. The summed E-state index contributed by atoms with van der Waals surface area (Å²) in [6, 6.07) is 7.10. The molecule has 5 heteroatoms. The molecule has 1 aromatic carbocycles. The van der Waals surface area contributed by atoms with Gasteiger partial charge in [-0.05, 0) is 24.5 Å². The summed E-state index contributed by atoms with van der Waals surface area (Å²) >= 11 is 1.65. The van der Waals surface area contributed by atoms with Gasteiger partial charge in [-0.15, -0.1) is 0 Å². The van der Waals surface area contributed by atoms with E-state index in [0.29, 0.717) is 13.0 Å². The van der Waals surface area contributed by atoms with Gasteiger partial charge < -0.3 is 15.2 Å². The van der Waals surface area contributed by atoms with Crippen LogP contribution in [0.5, 0.6) is 5.75 Å². The highest BCUT2D eigenvalue weighted by molar-refractivity contribution is 7.98. The zero-order valence-electron chi connectivity index (χ0n) is 10.7. The Bertz CT molecular complexity index is 384. The van der Waals surface area contributed by atoms with E-state index in [2.05, 4.69) is 5.32 Å². The van der Waals surface area contributed by atoms with E-state index in [-0.39, 0.29) is 0 Å². The summed E-state index contributed by atoms with van der Waals surface area (Å²) in [5.41, 5.74) is 0.968. The third kappa shape index (κ3) is 4.58. The number of carboxylic acid groups (broad SMARTS) is 1. The van der Waals surface area contributed by atoms with E-state index < -0.39 is 12.0 Å². The first-order valence-corrected chi connectivity index (χ1v) is 7.15. The summed E-state index contributed by atoms with van der Waals surface area (Å²) < 4.78 is 5.23. The molecule has 1 aromatic rings. The molecule has 0 saturated heterocycles. The lowest BCUT2D eigenvalue weighted by atomic mass is 10.1. The number of nitrogens with one attached hydrogen (secondary N) is 1. The van der Waals surface area contributed by atoms with Crippen molar-refractivity contribution in [3.8, 4) is 5.75 Å². The van der Waals surface area contributed by atoms with Crippen LogP contribution in [0.4, 0.5) is 0 Å². The maximum Gasteiger partial charge on any atom is 0.320 e. The molecule has 0 bridgehead atoms. The van der Waals surface area contributed by atoms with Crippen molar-refractivity contribution in [3.63, 3.8) is 0 Å². The van der Waals surface area contributed by atoms with Crippen LogP contribution >= 0.6 is 11.8 Å². The van der Waals surface area contributed by atoms with Gasteiger partial charge >= 0.3 is 5.97 Å². The van der Waals surface area contributed by atoms with E-state index in [4.69, 9.17) is 9.84 Å². The van der Waals surface area contributed by atoms with Crippen LogP contribution in [0.25, 0.3) is 0 Å². The zero-order valence-corrected chi connectivity index (χ0v) is 11.5. The summed E-state index contributed by atoms with van der Waals surface area (Å²) in [4.78, 5) is 11.1. The maximum absolute atomic E-state index is 11.1. The second kappa shape index (κ2) is 8.00. The van der Waals surface area contributed by atoms with E-state index in [9.17, 15) is 4.79 Å². The topological polar surface area (TPSA) is 58.6 Å². The third-order valence-electron chi connectivity index (χ3n) is 2.64. The van der Waals surface area contributed by atoms with Crippen LogP contribution in [-0.2, 0) is 11.3 Å². The number of ether oxygens (including phenoxy) is 1. The first-order valence-electron chi connectivity index (χ1n) is 5.76. The molecule has 18 heavy (non-hydrogen) atoms. The van der Waals surface area contributed by atoms with Gasteiger partial charge in [0, 0.05) is 12.1 Å².